The molecule has 0 radical (unpaired) electrons. The Balaban J connectivity index is 1.45. The van der Waals surface area contributed by atoms with Gasteiger partial charge in [0.05, 0.1) is 13.2 Å². The fourth-order valence-corrected chi connectivity index (χ4v) is 2.91. The van der Waals surface area contributed by atoms with Gasteiger partial charge in [0, 0.05) is 31.6 Å². The minimum Gasteiger partial charge on any atom is -0.378 e. The van der Waals surface area contributed by atoms with E-state index in [0.29, 0.717) is 44.8 Å². The molecule has 0 unspecified atom stereocenters. The second-order valence-corrected chi connectivity index (χ2v) is 6.36. The van der Waals surface area contributed by atoms with Crippen molar-refractivity contribution < 1.29 is 14.3 Å². The normalized spacial score (nSPS) is 14.1. The number of hydrogen-bond acceptors (Lipinski definition) is 3. The lowest BCUT2D eigenvalue weighted by Crippen LogP contribution is -2.40. The Labute approximate surface area is 154 Å². The van der Waals surface area contributed by atoms with Gasteiger partial charge in [0.1, 0.15) is 0 Å². The predicted molar refractivity (Wildman–Crippen MR) is 99.8 cm³/mol. The number of carbonyl (C=O) groups is 2. The maximum atomic E-state index is 12.4. The minimum atomic E-state index is 0.0299. The molecule has 0 bridgehead atoms. The molecule has 136 valence electrons. The molecule has 0 atom stereocenters. The number of aryl methyl sites for hydroxylation is 1. The summed E-state index contributed by atoms with van der Waals surface area (Å²) in [5.41, 5.74) is 2.82. The smallest absolute Gasteiger partial charge is 0.254 e. The van der Waals surface area contributed by atoms with E-state index in [1.807, 2.05) is 59.5 Å². The monoisotopic (exact) mass is 352 g/mol. The molecule has 0 spiro atoms. The number of carbonyl (C=O) groups excluding carboxylic acids is 2. The van der Waals surface area contributed by atoms with Gasteiger partial charge in [0.15, 0.2) is 0 Å². The molecule has 0 saturated carbocycles. The second-order valence-electron chi connectivity index (χ2n) is 6.36. The summed E-state index contributed by atoms with van der Waals surface area (Å²) in [7, 11) is 0. The van der Waals surface area contributed by atoms with Crippen LogP contribution in [0.2, 0.25) is 0 Å². The molecule has 2 aromatic carbocycles. The average molecular weight is 352 g/mol. The van der Waals surface area contributed by atoms with Crippen LogP contribution in [-0.4, -0.2) is 43.0 Å². The fourth-order valence-electron chi connectivity index (χ4n) is 2.91. The van der Waals surface area contributed by atoms with Crippen LogP contribution in [0.1, 0.15) is 27.9 Å². The summed E-state index contributed by atoms with van der Waals surface area (Å²) < 4.78 is 5.27. The number of nitrogens with zero attached hydrogens (tertiary/aromatic N) is 1. The molecule has 26 heavy (non-hydrogen) atoms. The summed E-state index contributed by atoms with van der Waals surface area (Å²) in [4.78, 5) is 26.2. The van der Waals surface area contributed by atoms with Gasteiger partial charge in [-0.25, -0.2) is 0 Å². The Morgan fingerprint density at radius 3 is 2.31 bits per heavy atom. The van der Waals surface area contributed by atoms with E-state index in [1.54, 1.807) is 0 Å². The van der Waals surface area contributed by atoms with Crippen LogP contribution in [0, 0.1) is 0 Å². The van der Waals surface area contributed by atoms with E-state index in [-0.39, 0.29) is 11.8 Å². The Morgan fingerprint density at radius 2 is 1.62 bits per heavy atom. The zero-order valence-electron chi connectivity index (χ0n) is 14.8. The van der Waals surface area contributed by atoms with Crippen molar-refractivity contribution in [2.24, 2.45) is 0 Å². The first-order valence-electron chi connectivity index (χ1n) is 8.99. The number of rotatable bonds is 6. The van der Waals surface area contributed by atoms with Gasteiger partial charge in [0.2, 0.25) is 5.91 Å². The summed E-state index contributed by atoms with van der Waals surface area (Å²) in [5, 5.41) is 2.93. The molecule has 5 heteroatoms. The first-order chi connectivity index (χ1) is 12.7. The Hall–Kier alpha value is -2.66. The van der Waals surface area contributed by atoms with Crippen LogP contribution < -0.4 is 5.32 Å². The molecule has 2 amide bonds. The lowest BCUT2D eigenvalue weighted by atomic mass is 10.1. The minimum absolute atomic E-state index is 0.0299. The third kappa shape index (κ3) is 5.17. The van der Waals surface area contributed by atoms with Crippen LogP contribution in [0.25, 0.3) is 0 Å². The first-order valence-corrected chi connectivity index (χ1v) is 8.99. The molecule has 1 N–H and O–H groups in total. The highest BCUT2D eigenvalue weighted by atomic mass is 16.5. The van der Waals surface area contributed by atoms with Gasteiger partial charge in [-0.05, 0) is 29.7 Å². The van der Waals surface area contributed by atoms with Crippen LogP contribution in [-0.2, 0) is 22.5 Å². The molecule has 3 rings (SSSR count). The largest absolute Gasteiger partial charge is 0.378 e. The van der Waals surface area contributed by atoms with Crippen molar-refractivity contribution >= 4 is 11.8 Å². The van der Waals surface area contributed by atoms with E-state index in [4.69, 9.17) is 4.74 Å². The van der Waals surface area contributed by atoms with Gasteiger partial charge in [-0.1, -0.05) is 42.5 Å². The molecule has 1 heterocycles. The van der Waals surface area contributed by atoms with Crippen molar-refractivity contribution in [3.05, 3.63) is 71.3 Å². The molecule has 1 aliphatic rings. The highest BCUT2D eigenvalue weighted by molar-refractivity contribution is 5.94. The molecule has 1 saturated heterocycles. The third-order valence-electron chi connectivity index (χ3n) is 4.47. The van der Waals surface area contributed by atoms with E-state index in [2.05, 4.69) is 5.32 Å². The van der Waals surface area contributed by atoms with Gasteiger partial charge in [0.25, 0.3) is 5.91 Å². The quantitative estimate of drug-likeness (QED) is 0.869. The average Bonchev–Trinajstić information content (AvgIpc) is 2.72. The van der Waals surface area contributed by atoms with E-state index in [0.717, 1.165) is 17.5 Å². The van der Waals surface area contributed by atoms with E-state index in [9.17, 15) is 9.59 Å². The van der Waals surface area contributed by atoms with Gasteiger partial charge in [-0.2, -0.15) is 0 Å². The Bertz CT molecular complexity index is 723. The van der Waals surface area contributed by atoms with Crippen molar-refractivity contribution in [1.82, 2.24) is 10.2 Å². The summed E-state index contributed by atoms with van der Waals surface area (Å²) in [6.45, 7) is 2.94. The molecule has 1 aliphatic heterocycles. The van der Waals surface area contributed by atoms with Crippen LogP contribution >= 0.6 is 0 Å². The highest BCUT2D eigenvalue weighted by Crippen LogP contribution is 2.10. The van der Waals surface area contributed by atoms with Crippen molar-refractivity contribution in [3.63, 3.8) is 0 Å². The number of nitrogens with one attached hydrogen (secondary N) is 1. The fraction of sp³-hybridized carbons (Fsp3) is 0.333. The summed E-state index contributed by atoms with van der Waals surface area (Å²) >= 11 is 0. The Morgan fingerprint density at radius 1 is 0.923 bits per heavy atom. The van der Waals surface area contributed by atoms with Crippen LogP contribution in [0.15, 0.2) is 54.6 Å². The Kier molecular flexibility index (Phi) is 6.39. The molecule has 1 fully saturated rings. The third-order valence-corrected chi connectivity index (χ3v) is 4.47. The number of benzene rings is 2. The van der Waals surface area contributed by atoms with E-state index in [1.165, 1.54) is 0 Å². The maximum Gasteiger partial charge on any atom is 0.254 e. The maximum absolute atomic E-state index is 12.4. The molecule has 0 aromatic heterocycles. The van der Waals surface area contributed by atoms with Gasteiger partial charge in [-0.15, -0.1) is 0 Å². The SMILES string of the molecule is O=C(CCc1ccccc1)NCc1ccc(C(=O)N2CCOCC2)cc1. The number of hydrogen-bond donors (Lipinski definition) is 1. The van der Waals surface area contributed by atoms with Crippen LogP contribution in [0.4, 0.5) is 0 Å². The number of morpholine rings is 1. The summed E-state index contributed by atoms with van der Waals surface area (Å²) in [6, 6.07) is 17.4. The number of ether oxygens (including phenoxy) is 1. The zero-order chi connectivity index (χ0) is 18.2. The topological polar surface area (TPSA) is 58.6 Å². The zero-order valence-corrected chi connectivity index (χ0v) is 14.8. The van der Waals surface area contributed by atoms with Crippen molar-refractivity contribution in [1.29, 1.82) is 0 Å². The van der Waals surface area contributed by atoms with Crippen molar-refractivity contribution in [3.8, 4) is 0 Å². The molecule has 5 nitrogen and oxygen atoms in total. The van der Waals surface area contributed by atoms with Crippen LogP contribution in [0.3, 0.4) is 0 Å². The lowest BCUT2D eigenvalue weighted by molar-refractivity contribution is -0.121. The summed E-state index contributed by atoms with van der Waals surface area (Å²) in [6.07, 6.45) is 1.21. The highest BCUT2D eigenvalue weighted by Gasteiger charge is 2.18. The second kappa shape index (κ2) is 9.15. The number of amides is 2. The van der Waals surface area contributed by atoms with E-state index < -0.39 is 0 Å². The van der Waals surface area contributed by atoms with Crippen LogP contribution in [0.5, 0.6) is 0 Å². The van der Waals surface area contributed by atoms with Gasteiger partial charge in [-0.3, -0.25) is 9.59 Å². The first kappa shape index (κ1) is 18.1. The predicted octanol–water partition coefficient (Wildman–Crippen LogP) is 2.41. The molecular formula is C21H24N2O3. The standard InChI is InChI=1S/C21H24N2O3/c24-20(11-8-17-4-2-1-3-5-17)22-16-18-6-9-19(10-7-18)21(25)23-12-14-26-15-13-23/h1-7,9-10H,8,11-16H2,(H,22,24). The lowest BCUT2D eigenvalue weighted by Gasteiger charge is -2.26. The van der Waals surface area contributed by atoms with Crippen molar-refractivity contribution in [2.75, 3.05) is 26.3 Å². The summed E-state index contributed by atoms with van der Waals surface area (Å²) in [5.74, 6) is 0.0640. The molecule has 0 aliphatic carbocycles. The molecule has 2 aromatic rings. The van der Waals surface area contributed by atoms with Gasteiger partial charge >= 0.3 is 0 Å². The van der Waals surface area contributed by atoms with E-state index >= 15 is 0 Å². The van der Waals surface area contributed by atoms with Gasteiger partial charge < -0.3 is 15.0 Å². The molecular weight excluding hydrogens is 328 g/mol. The van der Waals surface area contributed by atoms with Crippen molar-refractivity contribution in [2.45, 2.75) is 19.4 Å².